The second kappa shape index (κ2) is 7.11. The molecule has 0 aliphatic carbocycles. The number of hydrogen-bond acceptors (Lipinski definition) is 3. The van der Waals surface area contributed by atoms with Gasteiger partial charge in [0, 0.05) is 16.6 Å². The van der Waals surface area contributed by atoms with Crippen LogP contribution in [0.15, 0.2) is 45.3 Å². The second-order valence-electron chi connectivity index (χ2n) is 4.21. The Hall–Kier alpha value is -1.04. The zero-order chi connectivity index (χ0) is 14.5. The van der Waals surface area contributed by atoms with Crippen molar-refractivity contribution in [3.05, 3.63) is 56.5 Å². The molecule has 2 N–H and O–H groups in total. The third-order valence-corrected chi connectivity index (χ3v) is 3.97. The standard InChI is InChI=1S/C15H15Br2NO2/c1-19-14-4-2-10(6-11(14)8-18)9-20-15-5-3-12(16)7-13(15)17/h2-7H,8-9,18H2,1H3. The fourth-order valence-corrected chi connectivity index (χ4v) is 3.00. The molecule has 0 bridgehead atoms. The molecule has 0 saturated carbocycles. The largest absolute Gasteiger partial charge is 0.496 e. The monoisotopic (exact) mass is 399 g/mol. The molecule has 0 unspecified atom stereocenters. The summed E-state index contributed by atoms with van der Waals surface area (Å²) in [5.74, 6) is 1.61. The third-order valence-electron chi connectivity index (χ3n) is 2.85. The normalized spacial score (nSPS) is 10.4. The highest BCUT2D eigenvalue weighted by Gasteiger charge is 2.05. The van der Waals surface area contributed by atoms with Crippen LogP contribution in [0.4, 0.5) is 0 Å². The fraction of sp³-hybridized carbons (Fsp3) is 0.200. The second-order valence-corrected chi connectivity index (χ2v) is 5.98. The molecule has 0 aliphatic rings. The van der Waals surface area contributed by atoms with Crippen LogP contribution in [0, 0.1) is 0 Å². The lowest BCUT2D eigenvalue weighted by Gasteiger charge is -2.11. The van der Waals surface area contributed by atoms with Crippen LogP contribution in [0.1, 0.15) is 11.1 Å². The highest BCUT2D eigenvalue weighted by Crippen LogP contribution is 2.29. The number of benzene rings is 2. The van der Waals surface area contributed by atoms with Crippen molar-refractivity contribution in [2.24, 2.45) is 5.73 Å². The minimum Gasteiger partial charge on any atom is -0.496 e. The predicted molar refractivity (Wildman–Crippen MR) is 87.1 cm³/mol. The van der Waals surface area contributed by atoms with Crippen molar-refractivity contribution in [1.29, 1.82) is 0 Å². The summed E-state index contributed by atoms with van der Waals surface area (Å²) in [5, 5.41) is 0. The van der Waals surface area contributed by atoms with Crippen molar-refractivity contribution >= 4 is 31.9 Å². The van der Waals surface area contributed by atoms with Crippen molar-refractivity contribution in [2.75, 3.05) is 7.11 Å². The van der Waals surface area contributed by atoms with E-state index in [1.54, 1.807) is 7.11 Å². The summed E-state index contributed by atoms with van der Waals surface area (Å²) in [6.07, 6.45) is 0. The molecule has 2 rings (SSSR count). The van der Waals surface area contributed by atoms with Gasteiger partial charge < -0.3 is 15.2 Å². The Balaban J connectivity index is 2.10. The molecule has 2 aromatic rings. The number of nitrogens with two attached hydrogens (primary N) is 1. The molecule has 0 saturated heterocycles. The average Bonchev–Trinajstić information content (AvgIpc) is 2.46. The lowest BCUT2D eigenvalue weighted by atomic mass is 10.1. The Morgan fingerprint density at radius 3 is 2.45 bits per heavy atom. The van der Waals surface area contributed by atoms with Crippen molar-refractivity contribution in [1.82, 2.24) is 0 Å². The first kappa shape index (κ1) is 15.4. The van der Waals surface area contributed by atoms with Crippen LogP contribution in [0.3, 0.4) is 0 Å². The number of hydrogen-bond donors (Lipinski definition) is 1. The molecular formula is C15H15Br2NO2. The van der Waals surface area contributed by atoms with E-state index in [0.29, 0.717) is 13.2 Å². The molecule has 20 heavy (non-hydrogen) atoms. The van der Waals surface area contributed by atoms with E-state index in [0.717, 1.165) is 31.6 Å². The molecule has 0 spiro atoms. The number of halogens is 2. The minimum atomic E-state index is 0.443. The van der Waals surface area contributed by atoms with Crippen molar-refractivity contribution < 1.29 is 9.47 Å². The summed E-state index contributed by atoms with van der Waals surface area (Å²) in [7, 11) is 1.64. The lowest BCUT2D eigenvalue weighted by Crippen LogP contribution is -2.03. The van der Waals surface area contributed by atoms with Crippen LogP contribution in [0.2, 0.25) is 0 Å². The summed E-state index contributed by atoms with van der Waals surface area (Å²) in [5.41, 5.74) is 7.74. The molecule has 2 aromatic carbocycles. The van der Waals surface area contributed by atoms with Crippen LogP contribution in [0.5, 0.6) is 11.5 Å². The molecular weight excluding hydrogens is 386 g/mol. The Kier molecular flexibility index (Phi) is 5.46. The van der Waals surface area contributed by atoms with Gasteiger partial charge in [0.05, 0.1) is 11.6 Å². The van der Waals surface area contributed by atoms with E-state index < -0.39 is 0 Å². The van der Waals surface area contributed by atoms with Gasteiger partial charge in [0.15, 0.2) is 0 Å². The van der Waals surface area contributed by atoms with Crippen molar-refractivity contribution in [3.8, 4) is 11.5 Å². The number of rotatable bonds is 5. The van der Waals surface area contributed by atoms with Gasteiger partial charge >= 0.3 is 0 Å². The molecule has 0 heterocycles. The Bertz CT molecular complexity index is 602. The topological polar surface area (TPSA) is 44.5 Å². The molecule has 0 aromatic heterocycles. The van der Waals surface area contributed by atoms with Gasteiger partial charge in [0.1, 0.15) is 18.1 Å². The first-order chi connectivity index (χ1) is 9.63. The van der Waals surface area contributed by atoms with Crippen LogP contribution >= 0.6 is 31.9 Å². The van der Waals surface area contributed by atoms with Gasteiger partial charge in [-0.05, 0) is 51.8 Å². The zero-order valence-corrected chi connectivity index (χ0v) is 14.2. The molecule has 0 radical (unpaired) electrons. The molecule has 0 amide bonds. The van der Waals surface area contributed by atoms with Crippen LogP contribution < -0.4 is 15.2 Å². The van der Waals surface area contributed by atoms with E-state index >= 15 is 0 Å². The van der Waals surface area contributed by atoms with Crippen molar-refractivity contribution in [3.63, 3.8) is 0 Å². The molecule has 106 valence electrons. The third kappa shape index (κ3) is 3.75. The Morgan fingerprint density at radius 1 is 1.05 bits per heavy atom. The zero-order valence-electron chi connectivity index (χ0n) is 11.0. The Morgan fingerprint density at radius 2 is 1.80 bits per heavy atom. The first-order valence-electron chi connectivity index (χ1n) is 6.07. The van der Waals surface area contributed by atoms with Gasteiger partial charge in [0.2, 0.25) is 0 Å². The van der Waals surface area contributed by atoms with Gasteiger partial charge in [-0.3, -0.25) is 0 Å². The molecule has 5 heteroatoms. The summed E-state index contributed by atoms with van der Waals surface area (Å²) >= 11 is 6.89. The summed E-state index contributed by atoms with van der Waals surface area (Å²) in [4.78, 5) is 0. The van der Waals surface area contributed by atoms with Gasteiger partial charge in [0.25, 0.3) is 0 Å². The summed E-state index contributed by atoms with van der Waals surface area (Å²) in [6.45, 7) is 0.927. The van der Waals surface area contributed by atoms with Crippen LogP contribution in [-0.4, -0.2) is 7.11 Å². The smallest absolute Gasteiger partial charge is 0.134 e. The van der Waals surface area contributed by atoms with E-state index in [1.807, 2.05) is 36.4 Å². The first-order valence-corrected chi connectivity index (χ1v) is 7.66. The maximum absolute atomic E-state index is 5.80. The van der Waals surface area contributed by atoms with E-state index in [1.165, 1.54) is 0 Å². The van der Waals surface area contributed by atoms with E-state index in [4.69, 9.17) is 15.2 Å². The van der Waals surface area contributed by atoms with Crippen LogP contribution in [0.25, 0.3) is 0 Å². The number of ether oxygens (including phenoxy) is 2. The quantitative estimate of drug-likeness (QED) is 0.815. The average molecular weight is 401 g/mol. The van der Waals surface area contributed by atoms with E-state index in [9.17, 15) is 0 Å². The summed E-state index contributed by atoms with van der Waals surface area (Å²) < 4.78 is 13.0. The lowest BCUT2D eigenvalue weighted by molar-refractivity contribution is 0.303. The van der Waals surface area contributed by atoms with Gasteiger partial charge in [-0.15, -0.1) is 0 Å². The summed E-state index contributed by atoms with van der Waals surface area (Å²) in [6, 6.07) is 11.7. The fourth-order valence-electron chi connectivity index (χ4n) is 1.83. The molecule has 0 atom stereocenters. The highest BCUT2D eigenvalue weighted by atomic mass is 79.9. The predicted octanol–water partition coefficient (Wildman–Crippen LogP) is 4.26. The van der Waals surface area contributed by atoms with E-state index in [2.05, 4.69) is 31.9 Å². The highest BCUT2D eigenvalue weighted by molar-refractivity contribution is 9.11. The van der Waals surface area contributed by atoms with Gasteiger partial charge in [-0.1, -0.05) is 22.0 Å². The minimum absolute atomic E-state index is 0.443. The van der Waals surface area contributed by atoms with Crippen molar-refractivity contribution in [2.45, 2.75) is 13.2 Å². The van der Waals surface area contributed by atoms with Crippen LogP contribution in [-0.2, 0) is 13.2 Å². The van der Waals surface area contributed by atoms with Gasteiger partial charge in [-0.2, -0.15) is 0 Å². The maximum atomic E-state index is 5.80. The Labute approximate surface area is 135 Å². The van der Waals surface area contributed by atoms with Gasteiger partial charge in [-0.25, -0.2) is 0 Å². The molecule has 3 nitrogen and oxygen atoms in total. The molecule has 0 fully saturated rings. The number of methoxy groups -OCH3 is 1. The SMILES string of the molecule is COc1ccc(COc2ccc(Br)cc2Br)cc1CN. The molecule has 0 aliphatic heterocycles. The maximum Gasteiger partial charge on any atom is 0.134 e. The van der Waals surface area contributed by atoms with E-state index in [-0.39, 0.29) is 0 Å².